The summed E-state index contributed by atoms with van der Waals surface area (Å²) in [5, 5.41) is 8.18. The topological polar surface area (TPSA) is 49.3 Å². The second kappa shape index (κ2) is 8.53. The van der Waals surface area contributed by atoms with E-state index < -0.39 is 11.9 Å². The van der Waals surface area contributed by atoms with Crippen molar-refractivity contribution in [2.24, 2.45) is 4.99 Å². The van der Waals surface area contributed by atoms with Gasteiger partial charge in [0.15, 0.2) is 11.7 Å². The van der Waals surface area contributed by atoms with Gasteiger partial charge in [0.05, 0.1) is 12.6 Å². The van der Waals surface area contributed by atoms with E-state index in [0.29, 0.717) is 22.5 Å². The Labute approximate surface area is 153 Å². The van der Waals surface area contributed by atoms with Gasteiger partial charge < -0.3 is 10.6 Å². The summed E-state index contributed by atoms with van der Waals surface area (Å²) in [7, 11) is 0. The van der Waals surface area contributed by atoms with E-state index in [-0.39, 0.29) is 12.6 Å². The molecule has 0 fully saturated rings. The molecular formula is C16H18ClF3N4S. The number of hydrogen-bond donors (Lipinski definition) is 2. The minimum Gasteiger partial charge on any atom is -0.357 e. The van der Waals surface area contributed by atoms with Gasteiger partial charge >= 0.3 is 6.18 Å². The van der Waals surface area contributed by atoms with Crippen LogP contribution in [-0.2, 0) is 12.7 Å². The molecule has 0 saturated heterocycles. The average Bonchev–Trinajstić information content (AvgIpc) is 3.02. The minimum absolute atomic E-state index is 0.0608. The Hall–Kier alpha value is -1.80. The monoisotopic (exact) mass is 390 g/mol. The lowest BCUT2D eigenvalue weighted by molar-refractivity contribution is -0.140. The first-order valence-corrected chi connectivity index (χ1v) is 8.88. The van der Waals surface area contributed by atoms with Crippen molar-refractivity contribution in [3.05, 3.63) is 50.9 Å². The smallest absolute Gasteiger partial charge is 0.357 e. The van der Waals surface area contributed by atoms with Crippen molar-refractivity contribution in [1.29, 1.82) is 0 Å². The minimum atomic E-state index is -4.43. The molecule has 0 saturated carbocycles. The highest BCUT2D eigenvalue weighted by Crippen LogP contribution is 2.30. The van der Waals surface area contributed by atoms with E-state index in [1.54, 1.807) is 6.07 Å². The zero-order valence-electron chi connectivity index (χ0n) is 13.7. The third-order valence-corrected chi connectivity index (χ3v) is 4.46. The van der Waals surface area contributed by atoms with Crippen molar-refractivity contribution in [2.75, 3.05) is 6.54 Å². The maximum absolute atomic E-state index is 12.6. The first-order valence-electron chi connectivity index (χ1n) is 7.62. The van der Waals surface area contributed by atoms with E-state index in [1.165, 1.54) is 0 Å². The van der Waals surface area contributed by atoms with E-state index in [4.69, 9.17) is 11.6 Å². The van der Waals surface area contributed by atoms with Gasteiger partial charge in [-0.15, -0.1) is 11.3 Å². The van der Waals surface area contributed by atoms with Crippen molar-refractivity contribution >= 4 is 28.9 Å². The quantitative estimate of drug-likeness (QED) is 0.578. The molecule has 0 aliphatic carbocycles. The summed E-state index contributed by atoms with van der Waals surface area (Å²) in [6, 6.07) is 7.32. The Kier molecular flexibility index (Phi) is 6.66. The lowest BCUT2D eigenvalue weighted by atomic mass is 10.1. The van der Waals surface area contributed by atoms with Gasteiger partial charge in [0.25, 0.3) is 0 Å². The number of rotatable bonds is 5. The van der Waals surface area contributed by atoms with Crippen LogP contribution >= 0.6 is 22.9 Å². The fraction of sp³-hybridized carbons (Fsp3) is 0.375. The number of nitrogens with one attached hydrogen (secondary N) is 2. The van der Waals surface area contributed by atoms with Gasteiger partial charge in [0.2, 0.25) is 0 Å². The Morgan fingerprint density at radius 2 is 2.08 bits per heavy atom. The van der Waals surface area contributed by atoms with Crippen LogP contribution in [0.15, 0.2) is 34.6 Å². The number of halogens is 4. The normalized spacial score (nSPS) is 13.6. The van der Waals surface area contributed by atoms with Crippen molar-refractivity contribution in [3.8, 4) is 0 Å². The molecule has 0 spiro atoms. The first-order chi connectivity index (χ1) is 11.8. The fourth-order valence-electron chi connectivity index (χ4n) is 2.09. The molecule has 0 aliphatic heterocycles. The van der Waals surface area contributed by atoms with E-state index in [1.807, 2.05) is 32.0 Å². The molecule has 1 aromatic carbocycles. The predicted molar refractivity (Wildman–Crippen MR) is 94.9 cm³/mol. The number of aliphatic imine (C=N–C) groups is 1. The predicted octanol–water partition coefficient (Wildman–Crippen LogP) is 4.63. The van der Waals surface area contributed by atoms with Crippen LogP contribution in [0, 0.1) is 0 Å². The van der Waals surface area contributed by atoms with Crippen LogP contribution in [0.4, 0.5) is 13.2 Å². The molecule has 4 nitrogen and oxygen atoms in total. The lowest BCUT2D eigenvalue weighted by Gasteiger charge is -2.19. The lowest BCUT2D eigenvalue weighted by Crippen LogP contribution is -2.38. The van der Waals surface area contributed by atoms with Crippen molar-refractivity contribution in [1.82, 2.24) is 15.6 Å². The molecule has 9 heteroatoms. The summed E-state index contributed by atoms with van der Waals surface area (Å²) in [6.07, 6.45) is -4.43. The second-order valence-corrected chi connectivity index (χ2v) is 6.56. The number of hydrogen-bond acceptors (Lipinski definition) is 3. The largest absolute Gasteiger partial charge is 0.434 e. The van der Waals surface area contributed by atoms with Gasteiger partial charge in [-0.05, 0) is 25.5 Å². The van der Waals surface area contributed by atoms with Crippen LogP contribution in [0.25, 0.3) is 0 Å². The zero-order valence-corrected chi connectivity index (χ0v) is 15.3. The van der Waals surface area contributed by atoms with Crippen LogP contribution in [-0.4, -0.2) is 17.5 Å². The number of thiazole rings is 1. The van der Waals surface area contributed by atoms with E-state index in [2.05, 4.69) is 20.6 Å². The van der Waals surface area contributed by atoms with Crippen LogP contribution in [0.3, 0.4) is 0 Å². The van der Waals surface area contributed by atoms with Crippen LogP contribution < -0.4 is 10.6 Å². The molecule has 0 radical (unpaired) electrons. The highest BCUT2D eigenvalue weighted by atomic mass is 35.5. The molecule has 2 aromatic rings. The molecule has 0 aliphatic rings. The average molecular weight is 391 g/mol. The molecule has 2 N–H and O–H groups in total. The van der Waals surface area contributed by atoms with Crippen molar-refractivity contribution < 1.29 is 13.2 Å². The highest BCUT2D eigenvalue weighted by molar-refractivity contribution is 7.09. The molecule has 25 heavy (non-hydrogen) atoms. The molecule has 1 heterocycles. The second-order valence-electron chi connectivity index (χ2n) is 5.21. The SMILES string of the molecule is CCNC(=NCc1nc(C(F)(F)F)cs1)NC(C)c1ccccc1Cl. The van der Waals surface area contributed by atoms with Crippen LogP contribution in [0.2, 0.25) is 5.02 Å². The summed E-state index contributed by atoms with van der Waals surface area (Å²) < 4.78 is 37.8. The number of guanidine groups is 1. The summed E-state index contributed by atoms with van der Waals surface area (Å²) in [5.41, 5.74) is 0.0217. The molecule has 0 amide bonds. The molecule has 1 atom stereocenters. The van der Waals surface area contributed by atoms with Gasteiger partial charge in [-0.2, -0.15) is 13.2 Å². The van der Waals surface area contributed by atoms with E-state index in [0.717, 1.165) is 22.3 Å². The van der Waals surface area contributed by atoms with Gasteiger partial charge in [0, 0.05) is 16.9 Å². The van der Waals surface area contributed by atoms with Crippen LogP contribution in [0.1, 0.15) is 36.2 Å². The Bertz CT molecular complexity index is 730. The van der Waals surface area contributed by atoms with E-state index >= 15 is 0 Å². The Morgan fingerprint density at radius 1 is 1.36 bits per heavy atom. The summed E-state index contributed by atoms with van der Waals surface area (Å²) in [4.78, 5) is 7.88. The van der Waals surface area contributed by atoms with Gasteiger partial charge in [0.1, 0.15) is 5.01 Å². The molecule has 136 valence electrons. The fourth-order valence-corrected chi connectivity index (χ4v) is 3.11. The molecule has 1 aromatic heterocycles. The number of alkyl halides is 3. The highest BCUT2D eigenvalue weighted by Gasteiger charge is 2.33. The molecule has 0 bridgehead atoms. The molecule has 2 rings (SSSR count). The van der Waals surface area contributed by atoms with Gasteiger partial charge in [-0.3, -0.25) is 0 Å². The Balaban J connectivity index is 2.08. The third-order valence-electron chi connectivity index (χ3n) is 3.28. The maximum atomic E-state index is 12.6. The third kappa shape index (κ3) is 5.61. The first kappa shape index (κ1) is 19.5. The van der Waals surface area contributed by atoms with Gasteiger partial charge in [-0.25, -0.2) is 9.98 Å². The zero-order chi connectivity index (χ0) is 18.4. The number of aromatic nitrogens is 1. The van der Waals surface area contributed by atoms with Crippen LogP contribution in [0.5, 0.6) is 0 Å². The summed E-state index contributed by atoms with van der Waals surface area (Å²) >= 11 is 7.12. The maximum Gasteiger partial charge on any atom is 0.434 e. The van der Waals surface area contributed by atoms with E-state index in [9.17, 15) is 13.2 Å². The summed E-state index contributed by atoms with van der Waals surface area (Å²) in [6.45, 7) is 4.51. The van der Waals surface area contributed by atoms with Gasteiger partial charge in [-0.1, -0.05) is 29.8 Å². The van der Waals surface area contributed by atoms with Crippen molar-refractivity contribution in [3.63, 3.8) is 0 Å². The molecule has 1 unspecified atom stereocenters. The standard InChI is InChI=1S/C16H18ClF3N4S/c1-3-21-15(23-10(2)11-6-4-5-7-12(11)17)22-8-14-24-13(9-25-14)16(18,19)20/h4-7,9-10H,3,8H2,1-2H3,(H2,21,22,23). The molecular weight excluding hydrogens is 373 g/mol. The van der Waals surface area contributed by atoms with Crippen molar-refractivity contribution in [2.45, 2.75) is 32.6 Å². The summed E-state index contributed by atoms with van der Waals surface area (Å²) in [5.74, 6) is 0.485. The number of nitrogens with zero attached hydrogens (tertiary/aromatic N) is 2. The Morgan fingerprint density at radius 3 is 2.68 bits per heavy atom. The number of benzene rings is 1.